The standard InChI is InChI=1S/2C15H13N7O2S.C15H12N6O2S2.C14H10F2N4O2S.C14H10N6O3S.C13H13N7O2S/c1-25(23,24)12-4-2-3-9(13(12)15-19-21-22-20-15)8-5-6-11-10(7-8)14(16)18-17-11;1-25(23,24)12-4-2-3-9(13(12)15-19-21-22-20-15)8-5-6-10-11(7-8)17-18-14(10)16;1-25(22,23)11-7-3-4-8(12(11)14-18-20-21-19-14)9-5-2-6-10-13(9)17-15(16)24-10;1-23(21,22)12-4-2-3-11(13(12)14-17-19-20-18-14)8-5-9(15)7-10(16)6-8;1-24(21,22)12-4-2-3-9(13(12)14-15-19-20-16-14)8-5-6-10-11(7-8)18-23-17-10;1-23(21,22)9-4-2-3-8(12(9)13-17-19-20-18-13)7-5-10(14)16-11(15)6-7/h2*2-7H,1H3,(H3,16,17,18)(H,19,20,21,22);2-7H,1H3,(H2,16,17)(H,18,19,20,21);2-7H,1H3,(H,17,18,19,20);2-7H,1H3,(H,15,16,19,20);2-6H,1H3,(H4,14,15,16)(H,17,18,19,20). The third-order valence-corrected chi connectivity index (χ3v) is 29.1. The Balaban J connectivity index is 0.000000119. The number of nitrogen functional groups attached to an aromatic ring is 5. The topological polar surface area (TPSA) is 784 Å². The molecule has 0 fully saturated rings. The SMILES string of the molecule is CS(=O)(=O)c1cccc(-c2cc(F)cc(F)c2)c1-c1nn[nH]n1.CS(=O)(=O)c1cccc(-c2cc(N)nc(N)c2)c1-c1nn[nH]n1.CS(=O)(=O)c1cccc(-c2ccc3[nH]nc(N)c3c2)c1-c1nn[nH]n1.CS(=O)(=O)c1cccc(-c2ccc3c(N)n[nH]c3c2)c1-c1nn[nH]n1.CS(=O)(=O)c1cccc(-c2ccc3nonc3c2)c1-c1nn[nH]n1.CS(=O)(=O)c1cccc(-c2cccc3sc(N)nc23)c1-c1nn[nH]n1. The highest BCUT2D eigenvalue weighted by molar-refractivity contribution is 7.92. The molecule has 0 aliphatic rings. The van der Waals surface area contributed by atoms with Crippen molar-refractivity contribution < 1.29 is 63.9 Å². The third-order valence-electron chi connectivity index (χ3n) is 21.4. The van der Waals surface area contributed by atoms with Crippen molar-refractivity contribution in [2.45, 2.75) is 29.4 Å². The van der Waals surface area contributed by atoms with E-state index >= 15 is 0 Å². The summed E-state index contributed by atoms with van der Waals surface area (Å²) in [6.07, 6.45) is 6.73. The number of nitrogens with one attached hydrogen (secondary N) is 8. The molecule has 0 saturated carbocycles. The lowest BCUT2D eigenvalue weighted by Crippen LogP contribution is -2.03. The maximum atomic E-state index is 13.5. The number of rotatable bonds is 18. The highest BCUT2D eigenvalue weighted by Crippen LogP contribution is 2.45. The maximum absolute atomic E-state index is 13.5. The highest BCUT2D eigenvalue weighted by atomic mass is 32.2. The van der Waals surface area contributed by atoms with Crippen LogP contribution in [0.4, 0.5) is 37.2 Å². The summed E-state index contributed by atoms with van der Waals surface area (Å²) >= 11 is 1.37. The average Bonchev–Trinajstić information content (AvgIpc) is 1.25. The van der Waals surface area contributed by atoms with Gasteiger partial charge in [-0.05, 0) is 206 Å². The molecule has 0 aliphatic carbocycles. The van der Waals surface area contributed by atoms with Crippen molar-refractivity contribution in [3.8, 4) is 135 Å². The van der Waals surface area contributed by atoms with E-state index in [-0.39, 0.29) is 92.6 Å². The van der Waals surface area contributed by atoms with Crippen molar-refractivity contribution >= 4 is 142 Å². The lowest BCUT2D eigenvalue weighted by atomic mass is 9.98. The second-order valence-electron chi connectivity index (χ2n) is 31.4. The van der Waals surface area contributed by atoms with Crippen LogP contribution in [0.3, 0.4) is 0 Å². The number of pyridine rings is 1. The Bertz CT molecular complexity index is 9200. The Labute approximate surface area is 819 Å². The first kappa shape index (κ1) is 98.4. The summed E-state index contributed by atoms with van der Waals surface area (Å²) in [6, 6.07) is 57.4. The fourth-order valence-corrected chi connectivity index (χ4v) is 21.6. The lowest BCUT2D eigenvalue weighted by Gasteiger charge is -2.12. The van der Waals surface area contributed by atoms with Crippen molar-refractivity contribution in [1.29, 1.82) is 0 Å². The fraction of sp³-hybridized carbons (Fsp3) is 0.0698. The van der Waals surface area contributed by atoms with Crippen LogP contribution in [0.15, 0.2) is 246 Å². The van der Waals surface area contributed by atoms with E-state index in [1.807, 2.05) is 60.7 Å². The number of benzene rings is 11. The van der Waals surface area contributed by atoms with Gasteiger partial charge in [0.15, 0.2) is 75.8 Å². The largest absolute Gasteiger partial charge is 0.384 e. The minimum absolute atomic E-state index is 0.0192. The van der Waals surface area contributed by atoms with Gasteiger partial charge in [0.2, 0.25) is 34.9 Å². The molecular formula is C86H71F2N37O13S7. The van der Waals surface area contributed by atoms with Gasteiger partial charge in [-0.1, -0.05) is 114 Å². The van der Waals surface area contributed by atoms with E-state index in [4.69, 9.17) is 33.3 Å². The first-order valence-electron chi connectivity index (χ1n) is 41.4. The van der Waals surface area contributed by atoms with Crippen molar-refractivity contribution in [3.05, 3.63) is 224 Å². The van der Waals surface area contributed by atoms with Gasteiger partial charge in [-0.3, -0.25) is 10.2 Å². The number of halogens is 2. The number of nitrogens with two attached hydrogens (primary N) is 5. The number of H-pyrrole nitrogens is 8. The van der Waals surface area contributed by atoms with E-state index in [0.717, 1.165) is 104 Å². The van der Waals surface area contributed by atoms with Gasteiger partial charge in [0.25, 0.3) is 0 Å². The molecule has 0 aliphatic heterocycles. The molecular weight excluding hydrogens is 2020 g/mol. The fourth-order valence-electron chi connectivity index (χ4n) is 15.4. The number of fused-ring (bicyclic) bond motifs is 4. The minimum Gasteiger partial charge on any atom is -0.384 e. The van der Waals surface area contributed by atoms with Crippen LogP contribution in [0.25, 0.3) is 178 Å². The molecule has 145 heavy (non-hydrogen) atoms. The first-order valence-corrected chi connectivity index (χ1v) is 53.5. The molecule has 0 radical (unpaired) electrons. The van der Waals surface area contributed by atoms with Crippen LogP contribution >= 0.6 is 11.3 Å². The summed E-state index contributed by atoms with van der Waals surface area (Å²) < 4.78 is 179. The molecule has 0 saturated heterocycles. The number of para-hydroxylation sites is 1. The molecule has 50 nitrogen and oxygen atoms in total. The summed E-state index contributed by atoms with van der Waals surface area (Å²) in [4.78, 5) is 8.85. The molecule has 0 atom stereocenters. The Hall–Kier alpha value is -18.2. The average molecular weight is 2090 g/mol. The quantitative estimate of drug-likeness (QED) is 0.0380. The predicted molar refractivity (Wildman–Crippen MR) is 527 cm³/mol. The molecule has 22 aromatic rings. The number of sulfone groups is 6. The maximum Gasteiger partial charge on any atom is 0.206 e. The van der Waals surface area contributed by atoms with Gasteiger partial charge in [-0.25, -0.2) is 73.9 Å². The van der Waals surface area contributed by atoms with Gasteiger partial charge in [0, 0.05) is 93.3 Å². The van der Waals surface area contributed by atoms with Crippen molar-refractivity contribution in [2.75, 3.05) is 66.2 Å². The van der Waals surface area contributed by atoms with Crippen LogP contribution in [-0.2, 0) is 59.0 Å². The van der Waals surface area contributed by atoms with Crippen molar-refractivity contribution in [1.82, 2.24) is 164 Å². The summed E-state index contributed by atoms with van der Waals surface area (Å²) in [5, 5.41) is 105. The zero-order valence-corrected chi connectivity index (χ0v) is 81.0. The second-order valence-corrected chi connectivity index (χ2v) is 44.4. The second kappa shape index (κ2) is 39.8. The van der Waals surface area contributed by atoms with Gasteiger partial charge in [-0.2, -0.15) is 41.5 Å². The number of thiazole rings is 1. The van der Waals surface area contributed by atoms with E-state index in [9.17, 15) is 59.3 Å². The van der Waals surface area contributed by atoms with E-state index < -0.39 is 70.7 Å². The van der Waals surface area contributed by atoms with Gasteiger partial charge >= 0.3 is 0 Å². The van der Waals surface area contributed by atoms with Gasteiger partial charge in [0.1, 0.15) is 34.3 Å². The number of aromatic nitrogens is 32. The number of aromatic amines is 8. The van der Waals surface area contributed by atoms with E-state index in [1.165, 1.54) is 59.9 Å². The normalized spacial score (nSPS) is 11.8. The molecule has 22 rings (SSSR count). The van der Waals surface area contributed by atoms with Gasteiger partial charge in [0.05, 0.1) is 50.6 Å². The third kappa shape index (κ3) is 21.3. The van der Waals surface area contributed by atoms with Crippen LogP contribution in [0.2, 0.25) is 0 Å². The first-order chi connectivity index (χ1) is 69.1. The molecule has 11 aromatic heterocycles. The van der Waals surface area contributed by atoms with Gasteiger partial charge < -0.3 is 28.7 Å². The number of hydrogen-bond acceptors (Lipinski definition) is 43. The molecule has 0 unspecified atom stereocenters. The highest BCUT2D eigenvalue weighted by Gasteiger charge is 2.31. The zero-order chi connectivity index (χ0) is 103. The Morgan fingerprint density at radius 1 is 0.290 bits per heavy atom. The monoisotopic (exact) mass is 2090 g/mol. The number of nitrogens with zero attached hydrogens (tertiary/aromatic N) is 24. The molecule has 18 N–H and O–H groups in total. The summed E-state index contributed by atoms with van der Waals surface area (Å²) in [6.45, 7) is 0. The Morgan fingerprint density at radius 3 is 0.993 bits per heavy atom. The summed E-state index contributed by atoms with van der Waals surface area (Å²) in [5.41, 5.74) is 41.7. The number of hydrogen-bond donors (Lipinski definition) is 13. The Morgan fingerprint density at radius 2 is 0.607 bits per heavy atom. The van der Waals surface area contributed by atoms with Crippen LogP contribution < -0.4 is 28.7 Å². The van der Waals surface area contributed by atoms with Crippen LogP contribution in [-0.4, -0.2) is 252 Å². The smallest absolute Gasteiger partial charge is 0.206 e. The summed E-state index contributed by atoms with van der Waals surface area (Å²) in [7, 11) is -21.1. The molecule has 0 spiro atoms. The van der Waals surface area contributed by atoms with Crippen molar-refractivity contribution in [2.24, 2.45) is 0 Å². The predicted octanol–water partition coefficient (Wildman–Crippen LogP) is 9.11. The van der Waals surface area contributed by atoms with E-state index in [1.54, 1.807) is 84.9 Å². The molecule has 11 aromatic carbocycles. The molecule has 0 amide bonds. The molecule has 59 heteroatoms. The zero-order valence-electron chi connectivity index (χ0n) is 75.2. The minimum atomic E-state index is -3.62. The Kier molecular flexibility index (Phi) is 27.0. The molecule has 11 heterocycles. The summed E-state index contributed by atoms with van der Waals surface area (Å²) in [5.74, 6) is 0.681. The van der Waals surface area contributed by atoms with Crippen LogP contribution in [0, 0.1) is 11.6 Å². The van der Waals surface area contributed by atoms with Gasteiger partial charge in [-0.15, -0.1) is 61.2 Å². The number of anilines is 5. The van der Waals surface area contributed by atoms with Crippen LogP contribution in [0.5, 0.6) is 0 Å². The molecule has 734 valence electrons. The van der Waals surface area contributed by atoms with E-state index in [2.05, 4.69) is 164 Å². The van der Waals surface area contributed by atoms with E-state index in [0.29, 0.717) is 94.5 Å². The number of tetrazole rings is 6. The molecule has 0 bridgehead atoms. The lowest BCUT2D eigenvalue weighted by molar-refractivity contribution is 0.315. The van der Waals surface area contributed by atoms with Crippen LogP contribution in [0.1, 0.15) is 0 Å². The van der Waals surface area contributed by atoms with Crippen molar-refractivity contribution in [3.63, 3.8) is 0 Å².